The normalized spacial score (nSPS) is 12.4. The van der Waals surface area contributed by atoms with E-state index >= 15 is 0 Å². The van der Waals surface area contributed by atoms with Gasteiger partial charge in [0.25, 0.3) is 5.56 Å². The SMILES string of the molecule is CC[C@H](C(=O)NCc1cccc(C)c1)n1c2ccccc2c2cnn(C)c(=O)c21. The van der Waals surface area contributed by atoms with E-state index in [-0.39, 0.29) is 11.5 Å². The minimum Gasteiger partial charge on any atom is -0.350 e. The number of fused-ring (bicyclic) bond motifs is 3. The van der Waals surface area contributed by atoms with Gasteiger partial charge in [0.2, 0.25) is 5.91 Å². The van der Waals surface area contributed by atoms with Gasteiger partial charge in [0.15, 0.2) is 0 Å². The standard InChI is InChI=1S/C23H24N4O2/c1-4-19(22(28)24-13-16-9-7-8-15(2)12-16)27-20-11-6-5-10-17(20)18-14-25-26(3)23(29)21(18)27/h5-12,14,19H,4,13H2,1-3H3,(H,24,28)/t19-/m1/s1. The summed E-state index contributed by atoms with van der Waals surface area (Å²) in [7, 11) is 1.63. The molecule has 4 rings (SSSR count). The van der Waals surface area contributed by atoms with Gasteiger partial charge in [-0.05, 0) is 25.0 Å². The van der Waals surface area contributed by atoms with E-state index in [2.05, 4.69) is 16.5 Å². The molecule has 0 radical (unpaired) electrons. The number of rotatable bonds is 5. The molecule has 1 amide bonds. The molecule has 2 aromatic heterocycles. The van der Waals surface area contributed by atoms with Crippen LogP contribution in [0.25, 0.3) is 21.8 Å². The van der Waals surface area contributed by atoms with Crippen LogP contribution in [0, 0.1) is 6.92 Å². The molecule has 0 saturated heterocycles. The molecular weight excluding hydrogens is 364 g/mol. The highest BCUT2D eigenvalue weighted by molar-refractivity contribution is 6.08. The molecule has 0 bridgehead atoms. The molecule has 6 nitrogen and oxygen atoms in total. The van der Waals surface area contributed by atoms with Crippen LogP contribution in [-0.4, -0.2) is 20.3 Å². The molecule has 1 atom stereocenters. The molecule has 1 N–H and O–H groups in total. The fourth-order valence-electron chi connectivity index (χ4n) is 3.93. The van der Waals surface area contributed by atoms with Gasteiger partial charge in [-0.25, -0.2) is 4.68 Å². The summed E-state index contributed by atoms with van der Waals surface area (Å²) in [5.74, 6) is -0.101. The maximum absolute atomic E-state index is 13.2. The predicted molar refractivity (Wildman–Crippen MR) is 115 cm³/mol. The van der Waals surface area contributed by atoms with E-state index < -0.39 is 6.04 Å². The minimum absolute atomic E-state index is 0.101. The second-order valence-electron chi connectivity index (χ2n) is 7.35. The third-order valence-corrected chi connectivity index (χ3v) is 5.36. The molecule has 0 spiro atoms. The molecule has 0 aliphatic rings. The van der Waals surface area contributed by atoms with Gasteiger partial charge in [0, 0.05) is 24.4 Å². The van der Waals surface area contributed by atoms with Gasteiger partial charge in [-0.3, -0.25) is 9.59 Å². The van der Waals surface area contributed by atoms with Crippen molar-refractivity contribution in [3.8, 4) is 0 Å². The van der Waals surface area contributed by atoms with Crippen LogP contribution in [0.4, 0.5) is 0 Å². The fourth-order valence-corrected chi connectivity index (χ4v) is 3.93. The molecule has 0 aliphatic heterocycles. The van der Waals surface area contributed by atoms with Crippen LogP contribution in [0.5, 0.6) is 0 Å². The smallest absolute Gasteiger partial charge is 0.291 e. The van der Waals surface area contributed by atoms with Crippen LogP contribution in [0.1, 0.15) is 30.5 Å². The van der Waals surface area contributed by atoms with Crippen LogP contribution in [0.2, 0.25) is 0 Å². The lowest BCUT2D eigenvalue weighted by atomic mass is 10.1. The number of carbonyl (C=O) groups excluding carboxylic acids is 1. The van der Waals surface area contributed by atoms with E-state index in [1.165, 1.54) is 4.68 Å². The highest BCUT2D eigenvalue weighted by atomic mass is 16.2. The van der Waals surface area contributed by atoms with Crippen molar-refractivity contribution in [3.05, 3.63) is 76.2 Å². The van der Waals surface area contributed by atoms with Crippen LogP contribution in [0.3, 0.4) is 0 Å². The Hall–Kier alpha value is -3.41. The number of para-hydroxylation sites is 1. The Morgan fingerprint density at radius 3 is 2.69 bits per heavy atom. The third kappa shape index (κ3) is 3.31. The van der Waals surface area contributed by atoms with Crippen molar-refractivity contribution in [1.29, 1.82) is 0 Å². The Bertz CT molecular complexity index is 1270. The van der Waals surface area contributed by atoms with Crippen LogP contribution in [0.15, 0.2) is 59.5 Å². The Kier molecular flexibility index (Phi) is 4.92. The molecule has 0 fully saturated rings. The highest BCUT2D eigenvalue weighted by Crippen LogP contribution is 2.30. The topological polar surface area (TPSA) is 68.9 Å². The molecule has 0 unspecified atom stereocenters. The summed E-state index contributed by atoms with van der Waals surface area (Å²) < 4.78 is 3.19. The maximum atomic E-state index is 13.2. The molecule has 148 valence electrons. The number of hydrogen-bond acceptors (Lipinski definition) is 3. The van der Waals surface area contributed by atoms with Crippen molar-refractivity contribution in [2.24, 2.45) is 7.05 Å². The molecule has 4 aromatic rings. The molecule has 6 heteroatoms. The summed E-state index contributed by atoms with van der Waals surface area (Å²) in [5, 5.41) is 8.92. The van der Waals surface area contributed by atoms with Crippen LogP contribution < -0.4 is 10.9 Å². The number of nitrogens with zero attached hydrogens (tertiary/aromatic N) is 3. The van der Waals surface area contributed by atoms with E-state index in [0.29, 0.717) is 18.5 Å². The van der Waals surface area contributed by atoms with Gasteiger partial charge in [-0.15, -0.1) is 0 Å². The van der Waals surface area contributed by atoms with Gasteiger partial charge in [-0.2, -0.15) is 5.10 Å². The van der Waals surface area contributed by atoms with Crippen LogP contribution >= 0.6 is 0 Å². The number of benzene rings is 2. The molecule has 29 heavy (non-hydrogen) atoms. The second-order valence-corrected chi connectivity index (χ2v) is 7.35. The van der Waals surface area contributed by atoms with Crippen molar-refractivity contribution in [1.82, 2.24) is 19.7 Å². The summed E-state index contributed by atoms with van der Waals surface area (Å²) >= 11 is 0. The number of hydrogen-bond donors (Lipinski definition) is 1. The van der Waals surface area contributed by atoms with Crippen molar-refractivity contribution >= 4 is 27.7 Å². The summed E-state index contributed by atoms with van der Waals surface area (Å²) in [5.41, 5.74) is 3.38. The van der Waals surface area contributed by atoms with Crippen molar-refractivity contribution in [2.75, 3.05) is 0 Å². The number of carbonyl (C=O) groups is 1. The average molecular weight is 388 g/mol. The lowest BCUT2D eigenvalue weighted by molar-refractivity contribution is -0.124. The number of amides is 1. The van der Waals surface area contributed by atoms with Crippen molar-refractivity contribution in [3.63, 3.8) is 0 Å². The van der Waals surface area contributed by atoms with E-state index in [1.54, 1.807) is 13.2 Å². The lowest BCUT2D eigenvalue weighted by Crippen LogP contribution is -2.33. The Morgan fingerprint density at radius 1 is 1.14 bits per heavy atom. The molecule has 0 saturated carbocycles. The van der Waals surface area contributed by atoms with E-state index in [1.807, 2.05) is 60.9 Å². The molecule has 0 aliphatic carbocycles. The van der Waals surface area contributed by atoms with Crippen molar-refractivity contribution in [2.45, 2.75) is 32.9 Å². The average Bonchev–Trinajstić information content (AvgIpc) is 3.05. The zero-order chi connectivity index (χ0) is 20.5. The van der Waals surface area contributed by atoms with Gasteiger partial charge in [0.1, 0.15) is 11.6 Å². The molecular formula is C23H24N4O2. The van der Waals surface area contributed by atoms with Gasteiger partial charge in [-0.1, -0.05) is 55.0 Å². The Balaban J connectivity index is 1.79. The summed E-state index contributed by atoms with van der Waals surface area (Å²) in [4.78, 5) is 26.1. The predicted octanol–water partition coefficient (Wildman–Crippen LogP) is 3.46. The van der Waals surface area contributed by atoms with E-state index in [4.69, 9.17) is 0 Å². The third-order valence-electron chi connectivity index (χ3n) is 5.36. The lowest BCUT2D eigenvalue weighted by Gasteiger charge is -2.19. The van der Waals surface area contributed by atoms with E-state index in [0.717, 1.165) is 27.4 Å². The Morgan fingerprint density at radius 2 is 1.93 bits per heavy atom. The first kappa shape index (κ1) is 18.9. The van der Waals surface area contributed by atoms with Gasteiger partial charge in [0.05, 0.1) is 11.7 Å². The molecule has 2 aromatic carbocycles. The largest absolute Gasteiger partial charge is 0.350 e. The maximum Gasteiger partial charge on any atom is 0.291 e. The summed E-state index contributed by atoms with van der Waals surface area (Å²) in [6, 6.07) is 15.4. The fraction of sp³-hybridized carbons (Fsp3) is 0.261. The molecule has 2 heterocycles. The summed E-state index contributed by atoms with van der Waals surface area (Å²) in [6.07, 6.45) is 2.27. The zero-order valence-corrected chi connectivity index (χ0v) is 16.8. The first-order chi connectivity index (χ1) is 14.0. The Labute approximate surface area is 168 Å². The number of aromatic nitrogens is 3. The first-order valence-electron chi connectivity index (χ1n) is 9.79. The quantitative estimate of drug-likeness (QED) is 0.569. The number of nitrogens with one attached hydrogen (secondary N) is 1. The van der Waals surface area contributed by atoms with Crippen molar-refractivity contribution < 1.29 is 4.79 Å². The zero-order valence-electron chi connectivity index (χ0n) is 16.8. The highest BCUT2D eigenvalue weighted by Gasteiger charge is 2.25. The van der Waals surface area contributed by atoms with Gasteiger partial charge < -0.3 is 9.88 Å². The first-order valence-corrected chi connectivity index (χ1v) is 9.79. The van der Waals surface area contributed by atoms with Gasteiger partial charge >= 0.3 is 0 Å². The number of aryl methyl sites for hydroxylation is 2. The van der Waals surface area contributed by atoms with E-state index in [9.17, 15) is 9.59 Å². The second kappa shape index (κ2) is 7.54. The summed E-state index contributed by atoms with van der Waals surface area (Å²) in [6.45, 7) is 4.44. The monoisotopic (exact) mass is 388 g/mol. The van der Waals surface area contributed by atoms with Crippen LogP contribution in [-0.2, 0) is 18.4 Å². The minimum atomic E-state index is -0.489.